The summed E-state index contributed by atoms with van der Waals surface area (Å²) in [7, 11) is -0.384. The van der Waals surface area contributed by atoms with Gasteiger partial charge in [0.25, 0.3) is 17.7 Å². The van der Waals surface area contributed by atoms with Gasteiger partial charge in [-0.3, -0.25) is 48.0 Å². The molecule has 10 N–H and O–H groups in total. The van der Waals surface area contributed by atoms with E-state index in [-0.39, 0.29) is 72.4 Å². The number of hydrogen-bond donors (Lipinski definition) is 9. The molecule has 4 fully saturated rings. The highest BCUT2D eigenvalue weighted by atomic mass is 16.7. The minimum absolute atomic E-state index is 0.0254. The molecule has 560 valence electrons. The lowest BCUT2D eigenvalue weighted by Crippen LogP contribution is -2.33. The minimum atomic E-state index is -1.08. The van der Waals surface area contributed by atoms with Crippen molar-refractivity contribution in [2.24, 2.45) is 4.99 Å². The number of nitrogens with two attached hydrogens (primary N) is 1. The number of hydrogen-bond acceptors (Lipinski definition) is 23. The minimum Gasteiger partial charge on any atom is -0.476 e. The number of nitrogen functional groups attached to an aromatic ring is 1. The highest BCUT2D eigenvalue weighted by Gasteiger charge is 2.44. The molecule has 108 heavy (non-hydrogen) atoms. The van der Waals surface area contributed by atoms with Crippen LogP contribution in [0.4, 0.5) is 36.6 Å². The average molecular weight is 1480 g/mol. The molecule has 7 aromatic rings. The summed E-state index contributed by atoms with van der Waals surface area (Å²) in [6.07, 6.45) is 25.7. The van der Waals surface area contributed by atoms with E-state index in [0.29, 0.717) is 98.6 Å². The number of anilines is 3. The van der Waals surface area contributed by atoms with Gasteiger partial charge in [0.2, 0.25) is 0 Å². The molecule has 11 amide bonds. The molecule has 9 aliphatic heterocycles. The van der Waals surface area contributed by atoms with Gasteiger partial charge in [-0.25, -0.2) is 42.7 Å². The Balaban J connectivity index is 0.000000130. The van der Waals surface area contributed by atoms with Crippen LogP contribution in [0.2, 0.25) is 20.5 Å². The van der Waals surface area contributed by atoms with Gasteiger partial charge in [-0.2, -0.15) is 50.9 Å². The molecule has 45 heteroatoms. The monoisotopic (exact) mass is 1480 g/mol. The number of carbonyl (C=O) groups excluding carboxylic acids is 7. The second-order valence-corrected chi connectivity index (χ2v) is 25.2. The van der Waals surface area contributed by atoms with Crippen molar-refractivity contribution in [3.8, 4) is 0 Å². The lowest BCUT2D eigenvalue weighted by atomic mass is 9.90. The fourth-order valence-electron chi connectivity index (χ4n) is 12.1. The van der Waals surface area contributed by atoms with E-state index < -0.39 is 51.0 Å². The third kappa shape index (κ3) is 16.7. The zero-order chi connectivity index (χ0) is 76.8. The number of amidine groups is 1. The number of aromatic carboxylic acids is 1. The topological polar surface area (TPSA) is 481 Å². The maximum Gasteiger partial charge on any atom is 0.431 e. The van der Waals surface area contributed by atoms with Crippen molar-refractivity contribution >= 4 is 115 Å². The van der Waals surface area contributed by atoms with Crippen LogP contribution in [0.15, 0.2) is 153 Å². The highest BCUT2D eigenvalue weighted by Crippen LogP contribution is 2.30. The van der Waals surface area contributed by atoms with Crippen molar-refractivity contribution in [2.45, 2.75) is 44.6 Å². The number of carboxylic acid groups (broad SMARTS) is 1. The number of carbonyl (C=O) groups is 8. The molecule has 16 heterocycles. The van der Waals surface area contributed by atoms with Crippen LogP contribution in [0.3, 0.4) is 0 Å². The number of rotatable bonds is 19. The van der Waals surface area contributed by atoms with Crippen LogP contribution in [0.1, 0.15) is 42.0 Å². The third-order valence-corrected chi connectivity index (χ3v) is 17.4. The molecule has 4 saturated heterocycles. The van der Waals surface area contributed by atoms with Crippen LogP contribution >= 0.6 is 0 Å². The lowest BCUT2D eigenvalue weighted by molar-refractivity contribution is -0.107. The van der Waals surface area contributed by atoms with Crippen molar-refractivity contribution in [3.05, 3.63) is 170 Å². The average Bonchev–Trinajstić information content (AvgIpc) is 1.65. The van der Waals surface area contributed by atoms with Crippen LogP contribution in [-0.4, -0.2) is 311 Å². The molecular weight excluding hydrogens is 1410 g/mol. The predicted molar refractivity (Wildman–Crippen MR) is 387 cm³/mol. The molecule has 0 radical (unpaired) electrons. The first kappa shape index (κ1) is 74.7. The number of aliphatic imine (C=N–C) groups is 1. The van der Waals surface area contributed by atoms with E-state index in [0.717, 1.165) is 17.1 Å². The lowest BCUT2D eigenvalue weighted by Gasteiger charge is -2.21. The van der Waals surface area contributed by atoms with E-state index in [1.165, 1.54) is 44.2 Å². The van der Waals surface area contributed by atoms with Crippen molar-refractivity contribution in [3.63, 3.8) is 0 Å². The molecule has 8 bridgehead atoms. The van der Waals surface area contributed by atoms with E-state index in [4.69, 9.17) is 25.5 Å². The van der Waals surface area contributed by atoms with E-state index in [9.17, 15) is 53.6 Å². The molecule has 9 aliphatic rings. The standard InChI is InChI=1S/C17H20BN7O4.C15H16N6O2.C14H16BN7O4.C13H14N4O4.C4H8BN3O/c1-3-8-29-25-13-9-12(10-22(11-13)17(25)27)23-6-4-14(20-23)16(26)19-15-5-7-24(21-15)18(2)28;1-19-10-7-11(9-20(8-10)15(19)23)21-6-4-12(18-21)14(22)17-13-3-2-5-16-13;1-15(25)21-5-3-12(18-21)16-13(23)11-2-4-20(17-11)9-6-10-8-19(7-9)14(24)22(10)26;1-2-5-21-17-10-6-9(7-15(8-10)13(17)20)16-4-3-11(14-16)12(18)19;1-5(9)8-3-2-4(6)7-8/h3-7,9,13,28H,1,8,10-11H2,2H3,(H,19,21,26);2-4,6-7,10H,5,8-9H2,1H3,(H,16,17,22);2-6,10,25-26H,7-8H2,1H3,(H,16,18,23);2-4,6,10H,1,5,7-8H2,(H,18,19);2-3,9H,1H3,(H2,6,7). The summed E-state index contributed by atoms with van der Waals surface area (Å²) >= 11 is 0. The Labute approximate surface area is 614 Å². The summed E-state index contributed by atoms with van der Waals surface area (Å²) in [6.45, 7) is 16.7. The Hall–Kier alpha value is -13.0. The maximum absolute atomic E-state index is 12.4. The Morgan fingerprint density at radius 3 is 1.27 bits per heavy atom. The number of fused-ring (bicyclic) bond motifs is 8. The van der Waals surface area contributed by atoms with E-state index in [1.54, 1.807) is 161 Å². The van der Waals surface area contributed by atoms with Crippen molar-refractivity contribution in [2.75, 3.05) is 95.5 Å². The highest BCUT2D eigenvalue weighted by molar-refractivity contribution is 6.47. The smallest absolute Gasteiger partial charge is 0.431 e. The first-order valence-corrected chi connectivity index (χ1v) is 33.6. The first-order chi connectivity index (χ1) is 51.8. The van der Waals surface area contributed by atoms with Crippen molar-refractivity contribution in [1.29, 1.82) is 0 Å². The predicted octanol–water partition coefficient (Wildman–Crippen LogP) is 0.264. The van der Waals surface area contributed by atoms with Gasteiger partial charge in [0.15, 0.2) is 34.4 Å². The second kappa shape index (κ2) is 32.2. The Bertz CT molecular complexity index is 4810. The molecule has 0 spiro atoms. The summed E-state index contributed by atoms with van der Waals surface area (Å²) in [5, 5.41) is 86.4. The van der Waals surface area contributed by atoms with Crippen molar-refractivity contribution < 1.29 is 73.4 Å². The van der Waals surface area contributed by atoms with E-state index in [1.807, 2.05) is 24.3 Å². The summed E-state index contributed by atoms with van der Waals surface area (Å²) in [6, 6.07) is 9.37. The number of aromatic nitrogens is 14. The fourth-order valence-corrected chi connectivity index (χ4v) is 12.1. The van der Waals surface area contributed by atoms with Gasteiger partial charge in [-0.1, -0.05) is 18.2 Å². The fraction of sp³-hybridized carbons (Fsp3) is 0.302. The molecule has 7 aromatic heterocycles. The Morgan fingerprint density at radius 2 is 0.898 bits per heavy atom. The number of carboxylic acids is 1. The summed E-state index contributed by atoms with van der Waals surface area (Å²) in [5.74, 6) is -0.651. The number of nitrogens with one attached hydrogen (secondary N) is 3. The zero-order valence-electron chi connectivity index (χ0n) is 58.6. The van der Waals surface area contributed by atoms with Gasteiger partial charge in [0.05, 0.1) is 92.9 Å². The number of amides is 11. The van der Waals surface area contributed by atoms with Gasteiger partial charge < -0.3 is 66.4 Å². The van der Waals surface area contributed by atoms with Crippen LogP contribution in [0.25, 0.3) is 22.8 Å². The summed E-state index contributed by atoms with van der Waals surface area (Å²) < 4.78 is 10.2. The Morgan fingerprint density at radius 1 is 0.519 bits per heavy atom. The maximum atomic E-state index is 12.4. The second-order valence-electron chi connectivity index (χ2n) is 25.2. The van der Waals surface area contributed by atoms with Gasteiger partial charge >= 0.3 is 51.2 Å². The quantitative estimate of drug-likeness (QED) is 0.0298. The first-order valence-electron chi connectivity index (χ1n) is 33.6. The van der Waals surface area contributed by atoms with Crippen LogP contribution in [0.5, 0.6) is 0 Å². The van der Waals surface area contributed by atoms with Gasteiger partial charge in [0, 0.05) is 76.6 Å². The summed E-state index contributed by atoms with van der Waals surface area (Å²) in [5.41, 5.74) is 9.06. The van der Waals surface area contributed by atoms with Crippen LogP contribution in [-0.2, 0) is 9.68 Å². The molecule has 0 aromatic carbocycles. The molecule has 0 saturated carbocycles. The molecule has 4 atom stereocenters. The SMILES string of the molecule is C=CCON1C(=O)N2CC(n3ccc(C(=O)Nc4ccn(B(C)O)n4)n3)=CC1C2.C=CCON1C(=O)N2CC(n3ccc(C(=O)O)n3)=CC1C2.CB(O)n1ccc(N)n1.CB(O)n1ccc(NC(=O)c2ccn(C3=CC4CN(C3)C(=O)N4O)n2)n1.CN1C(=O)N2CC(n3ccc(C(=O)NC4=NCC=C4)n3)=CC1C2. The molecule has 4 unspecified atom stereocenters. The number of nitrogens with zero attached hydrogens (tertiary/aromatic N) is 23. The summed E-state index contributed by atoms with van der Waals surface area (Å²) in [4.78, 5) is 119. The Kier molecular flexibility index (Phi) is 22.3. The van der Waals surface area contributed by atoms with Gasteiger partial charge in [0.1, 0.15) is 11.7 Å². The van der Waals surface area contributed by atoms with Gasteiger partial charge in [-0.15, -0.1) is 13.2 Å². The molecule has 42 nitrogen and oxygen atoms in total. The van der Waals surface area contributed by atoms with E-state index >= 15 is 0 Å². The van der Waals surface area contributed by atoms with Crippen molar-refractivity contribution in [1.82, 2.24) is 113 Å². The largest absolute Gasteiger partial charge is 0.476 e. The number of urea groups is 4. The van der Waals surface area contributed by atoms with Gasteiger partial charge in [-0.05, 0) is 93.3 Å². The number of likely N-dealkylation sites (N-methyl/N-ethyl adjacent to an activating group) is 1. The normalized spacial score (nSPS) is 19.0. The number of hydroxylamine groups is 6. The molecular formula is C63H74B3N27O15. The zero-order valence-corrected chi connectivity index (χ0v) is 58.6. The van der Waals surface area contributed by atoms with Crippen LogP contribution in [0, 0.1) is 0 Å². The van der Waals surface area contributed by atoms with E-state index in [2.05, 4.69) is 69.8 Å². The third-order valence-electron chi connectivity index (χ3n) is 17.4. The van der Waals surface area contributed by atoms with Crippen LogP contribution < -0.4 is 21.7 Å². The molecule has 0 aliphatic carbocycles. The molecule has 16 rings (SSSR count).